The molecule has 3 heterocycles. The van der Waals surface area contributed by atoms with E-state index >= 15 is 0 Å². The molecule has 0 bridgehead atoms. The summed E-state index contributed by atoms with van der Waals surface area (Å²) in [4.78, 5) is 8.27. The largest absolute Gasteiger partial charge is 0.267 e. The topological polar surface area (TPSA) is 54.5 Å². The summed E-state index contributed by atoms with van der Waals surface area (Å²) in [6.07, 6.45) is 3.43. The lowest BCUT2D eigenvalue weighted by atomic mass is 10.2. The highest BCUT2D eigenvalue weighted by Crippen LogP contribution is 2.11. The number of nitrogens with zero attached hydrogens (tertiary/aromatic N) is 3. The molecule has 0 fully saturated rings. The van der Waals surface area contributed by atoms with E-state index in [1.165, 1.54) is 0 Å². The van der Waals surface area contributed by atoms with Crippen LogP contribution >= 0.6 is 0 Å². The Labute approximate surface area is 97.7 Å². The van der Waals surface area contributed by atoms with Crippen molar-refractivity contribution in [2.24, 2.45) is 0 Å². The summed E-state index contributed by atoms with van der Waals surface area (Å²) in [6.45, 7) is 0. The van der Waals surface area contributed by atoms with Gasteiger partial charge in [0.1, 0.15) is 11.4 Å². The first kappa shape index (κ1) is 9.55. The molecule has 0 spiro atoms. The fourth-order valence-electron chi connectivity index (χ4n) is 1.51. The van der Waals surface area contributed by atoms with Gasteiger partial charge in [0, 0.05) is 12.4 Å². The van der Waals surface area contributed by atoms with Crippen LogP contribution in [-0.4, -0.2) is 20.2 Å². The maximum absolute atomic E-state index is 4.13. The molecule has 0 aliphatic heterocycles. The van der Waals surface area contributed by atoms with E-state index in [1.54, 1.807) is 12.4 Å². The van der Waals surface area contributed by atoms with Crippen molar-refractivity contribution in [1.29, 1.82) is 0 Å². The molecule has 0 saturated carbocycles. The normalized spacial score (nSPS) is 9.88. The van der Waals surface area contributed by atoms with E-state index in [1.807, 2.05) is 30.3 Å². The molecular formula is C13H8N4. The Morgan fingerprint density at radius 2 is 1.88 bits per heavy atom. The SMILES string of the molecule is C(#Cc1[nH]nc2ncccc12)c1ccccn1. The summed E-state index contributed by atoms with van der Waals surface area (Å²) in [5.41, 5.74) is 2.18. The lowest BCUT2D eigenvalue weighted by molar-refractivity contribution is 1.08. The van der Waals surface area contributed by atoms with E-state index < -0.39 is 0 Å². The van der Waals surface area contributed by atoms with Crippen LogP contribution in [0.4, 0.5) is 0 Å². The van der Waals surface area contributed by atoms with Gasteiger partial charge in [-0.2, -0.15) is 5.10 Å². The number of aromatic nitrogens is 4. The molecule has 0 saturated heterocycles. The molecule has 0 atom stereocenters. The molecule has 0 unspecified atom stereocenters. The summed E-state index contributed by atoms with van der Waals surface area (Å²) in [7, 11) is 0. The Kier molecular flexibility index (Phi) is 2.28. The van der Waals surface area contributed by atoms with Gasteiger partial charge in [-0.05, 0) is 36.1 Å². The zero-order chi connectivity index (χ0) is 11.5. The molecule has 3 aromatic rings. The van der Waals surface area contributed by atoms with Crippen LogP contribution in [0.25, 0.3) is 11.0 Å². The number of pyridine rings is 2. The third kappa shape index (κ3) is 1.86. The first-order chi connectivity index (χ1) is 8.43. The minimum Gasteiger partial charge on any atom is -0.267 e. The molecule has 0 amide bonds. The smallest absolute Gasteiger partial charge is 0.182 e. The third-order valence-electron chi connectivity index (χ3n) is 2.31. The van der Waals surface area contributed by atoms with Gasteiger partial charge in [0.25, 0.3) is 0 Å². The van der Waals surface area contributed by atoms with Gasteiger partial charge in [-0.25, -0.2) is 9.97 Å². The van der Waals surface area contributed by atoms with E-state index in [2.05, 4.69) is 32.0 Å². The monoisotopic (exact) mass is 220 g/mol. The second kappa shape index (κ2) is 4.06. The fraction of sp³-hybridized carbons (Fsp3) is 0. The van der Waals surface area contributed by atoms with Crippen molar-refractivity contribution in [3.63, 3.8) is 0 Å². The molecule has 80 valence electrons. The molecule has 4 heteroatoms. The van der Waals surface area contributed by atoms with Crippen LogP contribution in [0.15, 0.2) is 42.7 Å². The van der Waals surface area contributed by atoms with Crippen molar-refractivity contribution in [3.05, 3.63) is 54.1 Å². The highest BCUT2D eigenvalue weighted by Gasteiger charge is 2.01. The molecule has 17 heavy (non-hydrogen) atoms. The molecule has 0 aromatic carbocycles. The quantitative estimate of drug-likeness (QED) is 0.587. The molecule has 0 aliphatic rings. The maximum Gasteiger partial charge on any atom is 0.182 e. The van der Waals surface area contributed by atoms with Crippen LogP contribution in [0.1, 0.15) is 11.4 Å². The van der Waals surface area contributed by atoms with Crippen molar-refractivity contribution >= 4 is 11.0 Å². The van der Waals surface area contributed by atoms with Gasteiger partial charge < -0.3 is 0 Å². The number of hydrogen-bond acceptors (Lipinski definition) is 3. The Balaban J connectivity index is 2.04. The molecular weight excluding hydrogens is 212 g/mol. The van der Waals surface area contributed by atoms with E-state index in [0.717, 1.165) is 16.8 Å². The molecule has 0 aliphatic carbocycles. The predicted octanol–water partition coefficient (Wildman–Crippen LogP) is 1.75. The van der Waals surface area contributed by atoms with Gasteiger partial charge in [0.15, 0.2) is 5.65 Å². The van der Waals surface area contributed by atoms with Gasteiger partial charge in [0.2, 0.25) is 0 Å². The average Bonchev–Trinajstić information content (AvgIpc) is 2.81. The second-order valence-electron chi connectivity index (χ2n) is 3.44. The van der Waals surface area contributed by atoms with Gasteiger partial charge in [-0.1, -0.05) is 6.07 Å². The minimum atomic E-state index is 0.679. The molecule has 3 rings (SSSR count). The minimum absolute atomic E-state index is 0.679. The lowest BCUT2D eigenvalue weighted by Crippen LogP contribution is -1.80. The zero-order valence-corrected chi connectivity index (χ0v) is 8.88. The van der Waals surface area contributed by atoms with Crippen molar-refractivity contribution in [3.8, 4) is 11.8 Å². The lowest BCUT2D eigenvalue weighted by Gasteiger charge is -1.87. The van der Waals surface area contributed by atoms with E-state index in [0.29, 0.717) is 5.65 Å². The Morgan fingerprint density at radius 1 is 0.941 bits per heavy atom. The van der Waals surface area contributed by atoms with Crippen LogP contribution in [0, 0.1) is 11.8 Å². The highest BCUT2D eigenvalue weighted by molar-refractivity contribution is 5.80. The second-order valence-corrected chi connectivity index (χ2v) is 3.44. The first-order valence-electron chi connectivity index (χ1n) is 5.15. The summed E-state index contributed by atoms with van der Waals surface area (Å²) in [5.74, 6) is 5.99. The van der Waals surface area contributed by atoms with Gasteiger partial charge >= 0.3 is 0 Å². The molecule has 0 radical (unpaired) electrons. The highest BCUT2D eigenvalue weighted by atomic mass is 15.1. The van der Waals surface area contributed by atoms with Gasteiger partial charge in [-0.15, -0.1) is 0 Å². The molecule has 1 N–H and O–H groups in total. The van der Waals surface area contributed by atoms with Crippen molar-refractivity contribution < 1.29 is 0 Å². The molecule has 3 aromatic heterocycles. The summed E-state index contributed by atoms with van der Waals surface area (Å²) in [5, 5.41) is 7.87. The zero-order valence-electron chi connectivity index (χ0n) is 8.88. The number of fused-ring (bicyclic) bond motifs is 1. The van der Waals surface area contributed by atoms with Crippen LogP contribution in [0.2, 0.25) is 0 Å². The van der Waals surface area contributed by atoms with Gasteiger partial charge in [-0.3, -0.25) is 5.10 Å². The number of rotatable bonds is 0. The van der Waals surface area contributed by atoms with Crippen LogP contribution in [0.5, 0.6) is 0 Å². The van der Waals surface area contributed by atoms with Crippen molar-refractivity contribution in [1.82, 2.24) is 20.2 Å². The van der Waals surface area contributed by atoms with Crippen molar-refractivity contribution in [2.75, 3.05) is 0 Å². The number of H-pyrrole nitrogens is 1. The Morgan fingerprint density at radius 3 is 2.76 bits per heavy atom. The average molecular weight is 220 g/mol. The number of nitrogens with one attached hydrogen (secondary N) is 1. The van der Waals surface area contributed by atoms with Crippen LogP contribution in [0.3, 0.4) is 0 Å². The number of hydrogen-bond donors (Lipinski definition) is 1. The first-order valence-corrected chi connectivity index (χ1v) is 5.15. The summed E-state index contributed by atoms with van der Waals surface area (Å²) in [6, 6.07) is 9.44. The Bertz CT molecular complexity index is 704. The van der Waals surface area contributed by atoms with Gasteiger partial charge in [0.05, 0.1) is 5.39 Å². The van der Waals surface area contributed by atoms with E-state index in [4.69, 9.17) is 0 Å². The number of aromatic amines is 1. The van der Waals surface area contributed by atoms with E-state index in [9.17, 15) is 0 Å². The fourth-order valence-corrected chi connectivity index (χ4v) is 1.51. The van der Waals surface area contributed by atoms with Crippen LogP contribution in [-0.2, 0) is 0 Å². The molecule has 4 nitrogen and oxygen atoms in total. The third-order valence-corrected chi connectivity index (χ3v) is 2.31. The predicted molar refractivity (Wildman–Crippen MR) is 64.1 cm³/mol. The summed E-state index contributed by atoms with van der Waals surface area (Å²) < 4.78 is 0. The maximum atomic E-state index is 4.13. The van der Waals surface area contributed by atoms with Crippen LogP contribution < -0.4 is 0 Å². The standard InChI is InChI=1S/C13H8N4/c1-2-8-14-10(4-1)6-7-12-11-5-3-9-15-13(11)17-16-12/h1-5,8-9H,(H,15,16,17). The van der Waals surface area contributed by atoms with E-state index in [-0.39, 0.29) is 0 Å². The Hall–Kier alpha value is -2.67. The van der Waals surface area contributed by atoms with Crippen molar-refractivity contribution in [2.45, 2.75) is 0 Å². The summed E-state index contributed by atoms with van der Waals surface area (Å²) >= 11 is 0.